The Morgan fingerprint density at radius 3 is 2.03 bits per heavy atom. The molecule has 2 aromatic carbocycles. The lowest BCUT2D eigenvalue weighted by molar-refractivity contribution is -0.145. The van der Waals surface area contributed by atoms with Gasteiger partial charge in [-0.05, 0) is 87.3 Å². The Bertz CT molecular complexity index is 772. The Morgan fingerprint density at radius 2 is 1.47 bits per heavy atom. The maximum Gasteiger partial charge on any atom is 0.307 e. The van der Waals surface area contributed by atoms with Gasteiger partial charge in [0.25, 0.3) is 0 Å². The van der Waals surface area contributed by atoms with Crippen molar-refractivity contribution in [1.82, 2.24) is 4.90 Å². The monoisotopic (exact) mass is 463 g/mol. The van der Waals surface area contributed by atoms with Gasteiger partial charge in [-0.25, -0.2) is 0 Å². The summed E-state index contributed by atoms with van der Waals surface area (Å²) in [6.45, 7) is 7.80. The quantitative estimate of drug-likeness (QED) is 0.428. The minimum absolute atomic E-state index is 0.152. The number of aryl methyl sites for hydroxylation is 1. The van der Waals surface area contributed by atoms with Gasteiger partial charge in [0, 0.05) is 6.54 Å². The molecule has 1 saturated carbocycles. The summed E-state index contributed by atoms with van der Waals surface area (Å²) in [6.07, 6.45) is 10.0. The van der Waals surface area contributed by atoms with Crippen molar-refractivity contribution in [3.8, 4) is 0 Å². The molecule has 4 rings (SSSR count). The minimum Gasteiger partial charge on any atom is -0.481 e. The van der Waals surface area contributed by atoms with Gasteiger partial charge in [0.15, 0.2) is 0 Å². The topological polar surface area (TPSA) is 40.5 Å². The number of carboxylic acids is 1. The molecule has 3 atom stereocenters. The lowest BCUT2D eigenvalue weighted by atomic mass is 9.82. The van der Waals surface area contributed by atoms with E-state index in [-0.39, 0.29) is 11.8 Å². The predicted molar refractivity (Wildman–Crippen MR) is 142 cm³/mol. The van der Waals surface area contributed by atoms with Crippen molar-refractivity contribution >= 4 is 5.97 Å². The maximum atomic E-state index is 11.6. The zero-order chi connectivity index (χ0) is 24.2. The zero-order valence-electron chi connectivity index (χ0n) is 21.3. The molecule has 1 aliphatic carbocycles. The lowest BCUT2D eigenvalue weighted by Crippen LogP contribution is -2.37. The highest BCUT2D eigenvalue weighted by Crippen LogP contribution is 2.39. The van der Waals surface area contributed by atoms with Crippen LogP contribution >= 0.6 is 0 Å². The second-order valence-electron chi connectivity index (χ2n) is 10.8. The van der Waals surface area contributed by atoms with Crippen molar-refractivity contribution in [2.75, 3.05) is 19.6 Å². The summed E-state index contributed by atoms with van der Waals surface area (Å²) in [7, 11) is 0. The number of piperidine rings is 1. The van der Waals surface area contributed by atoms with E-state index in [0.29, 0.717) is 11.8 Å². The van der Waals surface area contributed by atoms with Crippen molar-refractivity contribution in [2.24, 2.45) is 29.6 Å². The first-order valence-electron chi connectivity index (χ1n) is 13.5. The minimum atomic E-state index is -0.586. The van der Waals surface area contributed by atoms with Gasteiger partial charge in [0.1, 0.15) is 0 Å². The number of hydrogen-bond acceptors (Lipinski definition) is 2. The molecule has 1 aliphatic heterocycles. The number of nitrogens with zero attached hydrogens (tertiary/aromatic N) is 1. The van der Waals surface area contributed by atoms with E-state index in [1.54, 1.807) is 0 Å². The molecule has 34 heavy (non-hydrogen) atoms. The Labute approximate surface area is 207 Å². The van der Waals surface area contributed by atoms with Crippen LogP contribution in [0.5, 0.6) is 0 Å². The molecule has 3 heteroatoms. The van der Waals surface area contributed by atoms with E-state index in [2.05, 4.69) is 49.1 Å². The highest BCUT2D eigenvalue weighted by atomic mass is 16.4. The van der Waals surface area contributed by atoms with Crippen LogP contribution in [0.3, 0.4) is 0 Å². The number of carboxylic acid groups (broad SMARTS) is 1. The second-order valence-corrected chi connectivity index (χ2v) is 10.8. The number of carbonyl (C=O) groups is 1. The third-order valence-electron chi connectivity index (χ3n) is 7.90. The van der Waals surface area contributed by atoms with E-state index in [0.717, 1.165) is 18.8 Å². The molecule has 1 saturated heterocycles. The van der Waals surface area contributed by atoms with Gasteiger partial charge in [-0.1, -0.05) is 87.0 Å². The molecule has 186 valence electrons. The van der Waals surface area contributed by atoms with Gasteiger partial charge in [0.2, 0.25) is 0 Å². The third kappa shape index (κ3) is 8.91. The van der Waals surface area contributed by atoms with Gasteiger partial charge >= 0.3 is 5.97 Å². The first-order valence-corrected chi connectivity index (χ1v) is 13.5. The number of rotatable bonds is 9. The number of benzene rings is 2. The SMILES string of the molecule is CC(C)C(C(=O)O)C1CCC(CN2CCC(CCCc3ccccc3)CC2)C1.c1ccccc1. The third-order valence-corrected chi connectivity index (χ3v) is 7.90. The average Bonchev–Trinajstić information content (AvgIpc) is 3.29. The van der Waals surface area contributed by atoms with Crippen molar-refractivity contribution < 1.29 is 9.90 Å². The molecule has 1 N–H and O–H groups in total. The van der Waals surface area contributed by atoms with Gasteiger partial charge in [-0.3, -0.25) is 4.79 Å². The van der Waals surface area contributed by atoms with Crippen LogP contribution in [-0.2, 0) is 11.2 Å². The van der Waals surface area contributed by atoms with Crippen LogP contribution < -0.4 is 0 Å². The molecule has 1 heterocycles. The van der Waals surface area contributed by atoms with Crippen LogP contribution in [0.4, 0.5) is 0 Å². The van der Waals surface area contributed by atoms with Crippen LogP contribution in [0.1, 0.15) is 64.4 Å². The Kier molecular flexibility index (Phi) is 11.1. The normalized spacial score (nSPS) is 22.2. The standard InChI is InChI=1S/C25H39NO2.C6H6/c1-19(2)24(25(27)28)23-12-11-22(17-23)18-26-15-13-21(14-16-26)10-6-9-20-7-4-3-5-8-20;1-2-4-6-5-3-1/h3-5,7-8,19,21-24H,6,9-18H2,1-2H3,(H,27,28);1-6H. The largest absolute Gasteiger partial charge is 0.481 e. The lowest BCUT2D eigenvalue weighted by Gasteiger charge is -2.34. The molecule has 2 fully saturated rings. The van der Waals surface area contributed by atoms with Gasteiger partial charge in [0.05, 0.1) is 5.92 Å². The first kappa shape index (κ1) is 26.5. The van der Waals surface area contributed by atoms with Crippen molar-refractivity contribution in [3.05, 3.63) is 72.3 Å². The summed E-state index contributed by atoms with van der Waals surface area (Å²) in [5.74, 6) is 1.50. The molecule has 0 radical (unpaired) electrons. The molecule has 3 nitrogen and oxygen atoms in total. The molecular weight excluding hydrogens is 418 g/mol. The number of likely N-dealkylation sites (tertiary alicyclic amines) is 1. The predicted octanol–water partition coefficient (Wildman–Crippen LogP) is 7.18. The van der Waals surface area contributed by atoms with Crippen molar-refractivity contribution in [2.45, 2.75) is 65.2 Å². The molecule has 0 amide bonds. The number of hydrogen-bond donors (Lipinski definition) is 1. The van der Waals surface area contributed by atoms with E-state index in [4.69, 9.17) is 0 Å². The van der Waals surface area contributed by atoms with Gasteiger partial charge < -0.3 is 10.0 Å². The Hall–Kier alpha value is -2.13. The van der Waals surface area contributed by atoms with Crippen molar-refractivity contribution in [1.29, 1.82) is 0 Å². The van der Waals surface area contributed by atoms with Gasteiger partial charge in [-0.15, -0.1) is 0 Å². The van der Waals surface area contributed by atoms with Crippen LogP contribution in [0.15, 0.2) is 66.7 Å². The maximum absolute atomic E-state index is 11.6. The van der Waals surface area contributed by atoms with E-state index >= 15 is 0 Å². The Balaban J connectivity index is 0.000000469. The van der Waals surface area contributed by atoms with Crippen LogP contribution in [0.25, 0.3) is 0 Å². The summed E-state index contributed by atoms with van der Waals surface area (Å²) < 4.78 is 0. The average molecular weight is 464 g/mol. The van der Waals surface area contributed by atoms with Crippen LogP contribution in [-0.4, -0.2) is 35.6 Å². The zero-order valence-corrected chi connectivity index (χ0v) is 21.3. The molecule has 2 aromatic rings. The van der Waals surface area contributed by atoms with E-state index in [9.17, 15) is 9.90 Å². The second kappa shape index (κ2) is 14.3. The van der Waals surface area contributed by atoms with Crippen LogP contribution in [0, 0.1) is 29.6 Å². The smallest absolute Gasteiger partial charge is 0.307 e. The highest BCUT2D eigenvalue weighted by molar-refractivity contribution is 5.70. The summed E-state index contributed by atoms with van der Waals surface area (Å²) in [4.78, 5) is 14.3. The number of aliphatic carboxylic acids is 1. The van der Waals surface area contributed by atoms with Crippen LogP contribution in [0.2, 0.25) is 0 Å². The summed E-state index contributed by atoms with van der Waals surface area (Å²) in [5.41, 5.74) is 1.47. The van der Waals surface area contributed by atoms with E-state index < -0.39 is 5.97 Å². The van der Waals surface area contributed by atoms with E-state index in [1.165, 1.54) is 63.7 Å². The summed E-state index contributed by atoms with van der Waals surface area (Å²) in [5, 5.41) is 9.57. The molecule has 0 bridgehead atoms. The highest BCUT2D eigenvalue weighted by Gasteiger charge is 2.37. The first-order chi connectivity index (χ1) is 16.5. The van der Waals surface area contributed by atoms with Gasteiger partial charge in [-0.2, -0.15) is 0 Å². The molecular formula is C31H45NO2. The van der Waals surface area contributed by atoms with E-state index in [1.807, 2.05) is 36.4 Å². The summed E-state index contributed by atoms with van der Waals surface area (Å²) >= 11 is 0. The Morgan fingerprint density at radius 1 is 0.882 bits per heavy atom. The van der Waals surface area contributed by atoms with Crippen molar-refractivity contribution in [3.63, 3.8) is 0 Å². The molecule has 3 unspecified atom stereocenters. The molecule has 2 aliphatic rings. The molecule has 0 aromatic heterocycles. The summed E-state index contributed by atoms with van der Waals surface area (Å²) in [6, 6.07) is 22.9. The fourth-order valence-electron chi connectivity index (χ4n) is 6.08. The fraction of sp³-hybridized carbons (Fsp3) is 0.581. The fourth-order valence-corrected chi connectivity index (χ4v) is 6.08. The molecule has 0 spiro atoms.